The van der Waals surface area contributed by atoms with Crippen molar-refractivity contribution in [3.8, 4) is 0 Å². The number of nitrogens with two attached hydrogens (primary N) is 1. The first-order chi connectivity index (χ1) is 7.24. The fraction of sp³-hybridized carbons (Fsp3) is 0.250. The minimum absolute atomic E-state index is 0.219. The van der Waals surface area contributed by atoms with E-state index in [0.29, 0.717) is 12.3 Å². The number of ether oxygens (including phenoxy) is 1. The van der Waals surface area contributed by atoms with Crippen LogP contribution in [0.25, 0.3) is 6.08 Å². The summed E-state index contributed by atoms with van der Waals surface area (Å²) >= 11 is 0. The molecule has 0 fully saturated rings. The normalized spacial score (nSPS) is 10.5. The smallest absolute Gasteiger partial charge is 0.309 e. The summed E-state index contributed by atoms with van der Waals surface area (Å²) in [7, 11) is 0. The number of nitrogen functional groups attached to an aromatic ring is 1. The highest BCUT2D eigenvalue weighted by molar-refractivity contribution is 5.73. The molecule has 0 saturated carbocycles. The zero-order valence-corrected chi connectivity index (χ0v) is 8.77. The van der Waals surface area contributed by atoms with Gasteiger partial charge >= 0.3 is 5.97 Å². The van der Waals surface area contributed by atoms with E-state index in [0.717, 1.165) is 5.56 Å². The molecule has 0 aliphatic carbocycles. The van der Waals surface area contributed by atoms with Crippen LogP contribution < -0.4 is 5.73 Å². The quantitative estimate of drug-likeness (QED) is 0.605. The maximum absolute atomic E-state index is 11.0. The SMILES string of the molecule is CCOC(=O)C/C=C/c1ccccc1N. The Labute approximate surface area is 89.5 Å². The summed E-state index contributed by atoms with van der Waals surface area (Å²) in [4.78, 5) is 11.0. The zero-order chi connectivity index (χ0) is 11.1. The Morgan fingerprint density at radius 2 is 2.20 bits per heavy atom. The summed E-state index contributed by atoms with van der Waals surface area (Å²) in [5.41, 5.74) is 7.35. The molecular weight excluding hydrogens is 190 g/mol. The molecule has 0 bridgehead atoms. The molecule has 80 valence electrons. The van der Waals surface area contributed by atoms with E-state index >= 15 is 0 Å². The number of benzene rings is 1. The number of carbonyl (C=O) groups is 1. The molecule has 0 spiro atoms. The first kappa shape index (κ1) is 11.3. The number of anilines is 1. The van der Waals surface area contributed by atoms with E-state index in [1.807, 2.05) is 30.3 Å². The second kappa shape index (κ2) is 5.86. The Morgan fingerprint density at radius 1 is 1.47 bits per heavy atom. The summed E-state index contributed by atoms with van der Waals surface area (Å²) in [6, 6.07) is 7.50. The molecule has 0 aliphatic rings. The van der Waals surface area contributed by atoms with Gasteiger partial charge in [0.05, 0.1) is 13.0 Å². The van der Waals surface area contributed by atoms with E-state index in [1.54, 1.807) is 13.0 Å². The van der Waals surface area contributed by atoms with Crippen molar-refractivity contribution >= 4 is 17.7 Å². The second-order valence-corrected chi connectivity index (χ2v) is 3.04. The van der Waals surface area contributed by atoms with Crippen molar-refractivity contribution in [1.29, 1.82) is 0 Å². The van der Waals surface area contributed by atoms with Crippen LogP contribution in [0.5, 0.6) is 0 Å². The van der Waals surface area contributed by atoms with Crippen LogP contribution >= 0.6 is 0 Å². The zero-order valence-electron chi connectivity index (χ0n) is 8.77. The number of esters is 1. The van der Waals surface area contributed by atoms with E-state index in [2.05, 4.69) is 0 Å². The largest absolute Gasteiger partial charge is 0.466 e. The molecule has 0 amide bonds. The number of carbonyl (C=O) groups excluding carboxylic acids is 1. The molecule has 3 heteroatoms. The lowest BCUT2D eigenvalue weighted by Gasteiger charge is -1.99. The van der Waals surface area contributed by atoms with Crippen molar-refractivity contribution in [3.63, 3.8) is 0 Å². The fourth-order valence-electron chi connectivity index (χ4n) is 1.16. The van der Waals surface area contributed by atoms with E-state index in [4.69, 9.17) is 10.5 Å². The van der Waals surface area contributed by atoms with Crippen LogP contribution in [-0.4, -0.2) is 12.6 Å². The van der Waals surface area contributed by atoms with Crippen molar-refractivity contribution in [2.24, 2.45) is 0 Å². The molecule has 15 heavy (non-hydrogen) atoms. The second-order valence-electron chi connectivity index (χ2n) is 3.04. The van der Waals surface area contributed by atoms with Gasteiger partial charge in [-0.05, 0) is 18.6 Å². The molecular formula is C12H15NO2. The Bertz CT molecular complexity index is 358. The first-order valence-corrected chi connectivity index (χ1v) is 4.90. The van der Waals surface area contributed by atoms with Crippen LogP contribution in [0.1, 0.15) is 18.9 Å². The first-order valence-electron chi connectivity index (χ1n) is 4.90. The number of rotatable bonds is 4. The van der Waals surface area contributed by atoms with E-state index in [9.17, 15) is 4.79 Å². The van der Waals surface area contributed by atoms with Crippen molar-refractivity contribution < 1.29 is 9.53 Å². The average molecular weight is 205 g/mol. The predicted molar refractivity (Wildman–Crippen MR) is 61.1 cm³/mol. The van der Waals surface area contributed by atoms with Crippen LogP contribution in [-0.2, 0) is 9.53 Å². The van der Waals surface area contributed by atoms with Gasteiger partial charge in [0.2, 0.25) is 0 Å². The van der Waals surface area contributed by atoms with Gasteiger partial charge in [-0.15, -0.1) is 0 Å². The third-order valence-corrected chi connectivity index (χ3v) is 1.88. The van der Waals surface area contributed by atoms with Crippen LogP contribution in [0.4, 0.5) is 5.69 Å². The molecule has 0 aliphatic heterocycles. The molecule has 0 atom stereocenters. The Kier molecular flexibility index (Phi) is 4.41. The van der Waals surface area contributed by atoms with Gasteiger partial charge in [0.1, 0.15) is 0 Å². The van der Waals surface area contributed by atoms with Crippen molar-refractivity contribution in [1.82, 2.24) is 0 Å². The predicted octanol–water partition coefficient (Wildman–Crippen LogP) is 2.24. The Balaban J connectivity index is 2.52. The topological polar surface area (TPSA) is 52.3 Å². The lowest BCUT2D eigenvalue weighted by atomic mass is 10.1. The molecule has 0 aromatic heterocycles. The average Bonchev–Trinajstić information content (AvgIpc) is 2.21. The minimum atomic E-state index is -0.219. The number of para-hydroxylation sites is 1. The van der Waals surface area contributed by atoms with Crippen LogP contribution in [0.15, 0.2) is 30.3 Å². The van der Waals surface area contributed by atoms with Crippen molar-refractivity contribution in [2.45, 2.75) is 13.3 Å². The third kappa shape index (κ3) is 3.85. The van der Waals surface area contributed by atoms with Crippen molar-refractivity contribution in [3.05, 3.63) is 35.9 Å². The molecule has 3 nitrogen and oxygen atoms in total. The van der Waals surface area contributed by atoms with Gasteiger partial charge < -0.3 is 10.5 Å². The van der Waals surface area contributed by atoms with Gasteiger partial charge in [0, 0.05) is 5.69 Å². The summed E-state index contributed by atoms with van der Waals surface area (Å²) in [6.07, 6.45) is 3.86. The van der Waals surface area contributed by atoms with Gasteiger partial charge in [0.25, 0.3) is 0 Å². The minimum Gasteiger partial charge on any atom is -0.466 e. The fourth-order valence-corrected chi connectivity index (χ4v) is 1.16. The highest BCUT2D eigenvalue weighted by Crippen LogP contribution is 2.12. The van der Waals surface area contributed by atoms with Gasteiger partial charge in [-0.2, -0.15) is 0 Å². The molecule has 0 heterocycles. The number of hydrogen-bond donors (Lipinski definition) is 1. The maximum Gasteiger partial charge on any atom is 0.309 e. The Hall–Kier alpha value is -1.77. The molecule has 1 rings (SSSR count). The molecule has 2 N–H and O–H groups in total. The van der Waals surface area contributed by atoms with E-state index in [1.165, 1.54) is 0 Å². The van der Waals surface area contributed by atoms with Gasteiger partial charge in [-0.1, -0.05) is 30.4 Å². The molecule has 0 radical (unpaired) electrons. The summed E-state index contributed by atoms with van der Waals surface area (Å²) in [5, 5.41) is 0. The summed E-state index contributed by atoms with van der Waals surface area (Å²) in [5.74, 6) is -0.219. The lowest BCUT2D eigenvalue weighted by molar-refractivity contribution is -0.142. The van der Waals surface area contributed by atoms with Gasteiger partial charge in [0.15, 0.2) is 0 Å². The maximum atomic E-state index is 11.0. The van der Waals surface area contributed by atoms with E-state index < -0.39 is 0 Å². The van der Waals surface area contributed by atoms with Crippen LogP contribution in [0, 0.1) is 0 Å². The highest BCUT2D eigenvalue weighted by atomic mass is 16.5. The van der Waals surface area contributed by atoms with Gasteiger partial charge in [-0.3, -0.25) is 4.79 Å². The van der Waals surface area contributed by atoms with Crippen LogP contribution in [0.3, 0.4) is 0 Å². The van der Waals surface area contributed by atoms with Crippen LogP contribution in [0.2, 0.25) is 0 Å². The standard InChI is InChI=1S/C12H15NO2/c1-2-15-12(14)9-5-7-10-6-3-4-8-11(10)13/h3-8H,2,9,13H2,1H3/b7-5+. The Morgan fingerprint density at radius 3 is 2.87 bits per heavy atom. The summed E-state index contributed by atoms with van der Waals surface area (Å²) < 4.78 is 4.79. The summed E-state index contributed by atoms with van der Waals surface area (Å²) in [6.45, 7) is 2.21. The molecule has 1 aromatic carbocycles. The highest BCUT2D eigenvalue weighted by Gasteiger charge is 1.97. The van der Waals surface area contributed by atoms with Crippen molar-refractivity contribution in [2.75, 3.05) is 12.3 Å². The molecule has 0 unspecified atom stereocenters. The third-order valence-electron chi connectivity index (χ3n) is 1.88. The lowest BCUT2D eigenvalue weighted by Crippen LogP contribution is -2.01. The molecule has 1 aromatic rings. The van der Waals surface area contributed by atoms with Gasteiger partial charge in [-0.25, -0.2) is 0 Å². The van der Waals surface area contributed by atoms with E-state index in [-0.39, 0.29) is 12.4 Å². The number of hydrogen-bond acceptors (Lipinski definition) is 3. The monoisotopic (exact) mass is 205 g/mol. The molecule has 0 saturated heterocycles.